The number of hydrogen-bond donors (Lipinski definition) is 2. The minimum atomic E-state index is -0.200. The fraction of sp³-hybridized carbons (Fsp3) is 0.286. The molecule has 2 rings (SSSR count). The Morgan fingerprint density at radius 1 is 1.52 bits per heavy atom. The molecule has 2 aromatic rings. The Hall–Kier alpha value is -1.63. The number of hydrogen-bond acceptors (Lipinski definition) is 5. The molecule has 0 aliphatic heterocycles. The van der Waals surface area contributed by atoms with Crippen LogP contribution in [0.4, 0.5) is 5.69 Å². The van der Waals surface area contributed by atoms with Gasteiger partial charge in [0.1, 0.15) is 10.8 Å². The van der Waals surface area contributed by atoms with Gasteiger partial charge >= 0.3 is 0 Å². The molecule has 0 spiro atoms. The summed E-state index contributed by atoms with van der Waals surface area (Å²) >= 11 is 7.37. The number of anilines is 1. The van der Waals surface area contributed by atoms with Crippen molar-refractivity contribution in [3.05, 3.63) is 38.8 Å². The first-order valence-electron chi connectivity index (χ1n) is 6.21. The Balaban J connectivity index is 2.10. The fourth-order valence-electron chi connectivity index (χ4n) is 1.76. The van der Waals surface area contributed by atoms with Gasteiger partial charge in [-0.1, -0.05) is 11.6 Å². The van der Waals surface area contributed by atoms with Gasteiger partial charge in [-0.2, -0.15) is 0 Å². The molecule has 2 N–H and O–H groups in total. The summed E-state index contributed by atoms with van der Waals surface area (Å²) < 4.78 is 5.21. The number of rotatable bonds is 5. The molecule has 7 heteroatoms. The lowest BCUT2D eigenvalue weighted by Gasteiger charge is -2.11. The van der Waals surface area contributed by atoms with Gasteiger partial charge in [0.25, 0.3) is 0 Å². The van der Waals surface area contributed by atoms with Crippen LogP contribution in [0.1, 0.15) is 16.3 Å². The Kier molecular flexibility index (Phi) is 5.17. The van der Waals surface area contributed by atoms with Crippen molar-refractivity contribution >= 4 is 34.5 Å². The van der Waals surface area contributed by atoms with Crippen LogP contribution < -0.4 is 10.1 Å². The summed E-state index contributed by atoms with van der Waals surface area (Å²) in [5, 5.41) is 14.7. The van der Waals surface area contributed by atoms with Gasteiger partial charge in [-0.05, 0) is 18.6 Å². The molecule has 0 aliphatic rings. The lowest BCUT2D eigenvalue weighted by molar-refractivity contribution is -0.115. The molecule has 0 atom stereocenters. The monoisotopic (exact) mass is 326 g/mol. The summed E-state index contributed by atoms with van der Waals surface area (Å²) in [6, 6.07) is 3.43. The zero-order valence-corrected chi connectivity index (χ0v) is 13.2. The number of nitrogens with zero attached hydrogens (tertiary/aromatic N) is 1. The number of carbonyl (C=O) groups is 1. The van der Waals surface area contributed by atoms with Crippen molar-refractivity contribution in [3.63, 3.8) is 0 Å². The summed E-state index contributed by atoms with van der Waals surface area (Å²) in [6.45, 7) is 1.73. The third-order valence-electron chi connectivity index (χ3n) is 2.83. The SMILES string of the molecule is COc1cc(Cl)c(C)cc1NC(=O)Cc1nc(CO)cs1. The van der Waals surface area contributed by atoms with Crippen LogP contribution >= 0.6 is 22.9 Å². The highest BCUT2D eigenvalue weighted by atomic mass is 35.5. The van der Waals surface area contributed by atoms with Crippen molar-refractivity contribution < 1.29 is 14.6 Å². The predicted molar refractivity (Wildman–Crippen MR) is 83.1 cm³/mol. The van der Waals surface area contributed by atoms with Crippen molar-refractivity contribution in [1.82, 2.24) is 4.98 Å². The standard InChI is InChI=1S/C14H15ClN2O3S/c1-8-3-11(12(20-2)4-10(8)15)17-13(19)5-14-16-9(6-18)7-21-14/h3-4,7,18H,5-6H2,1-2H3,(H,17,19). The van der Waals surface area contributed by atoms with Crippen LogP contribution in [0, 0.1) is 6.92 Å². The van der Waals surface area contributed by atoms with E-state index in [0.717, 1.165) is 5.56 Å². The number of aryl methyl sites for hydroxylation is 1. The summed E-state index contributed by atoms with van der Waals surface area (Å²) in [5.74, 6) is 0.308. The van der Waals surface area contributed by atoms with Gasteiger partial charge in [-0.15, -0.1) is 11.3 Å². The van der Waals surface area contributed by atoms with Crippen LogP contribution in [0.15, 0.2) is 17.5 Å². The fourth-order valence-corrected chi connectivity index (χ4v) is 2.70. The van der Waals surface area contributed by atoms with Gasteiger partial charge in [0, 0.05) is 16.5 Å². The molecule has 0 radical (unpaired) electrons. The summed E-state index contributed by atoms with van der Waals surface area (Å²) in [5.41, 5.74) is 2.00. The second-order valence-corrected chi connectivity index (χ2v) is 5.77. The quantitative estimate of drug-likeness (QED) is 0.886. The average Bonchev–Trinajstić information content (AvgIpc) is 2.90. The Morgan fingerprint density at radius 3 is 2.90 bits per heavy atom. The van der Waals surface area contributed by atoms with Gasteiger partial charge in [-0.3, -0.25) is 4.79 Å². The highest BCUT2D eigenvalue weighted by molar-refractivity contribution is 7.09. The predicted octanol–water partition coefficient (Wildman–Crippen LogP) is 2.79. The highest BCUT2D eigenvalue weighted by Gasteiger charge is 2.12. The van der Waals surface area contributed by atoms with E-state index >= 15 is 0 Å². The van der Waals surface area contributed by atoms with Crippen molar-refractivity contribution in [2.75, 3.05) is 12.4 Å². The number of thiazole rings is 1. The topological polar surface area (TPSA) is 71.5 Å². The number of aliphatic hydroxyl groups is 1. The number of aromatic nitrogens is 1. The molecule has 1 aromatic carbocycles. The van der Waals surface area contributed by atoms with Crippen LogP contribution in [0.2, 0.25) is 5.02 Å². The second kappa shape index (κ2) is 6.89. The lowest BCUT2D eigenvalue weighted by Crippen LogP contribution is -2.15. The van der Waals surface area contributed by atoms with Crippen molar-refractivity contribution in [2.45, 2.75) is 20.0 Å². The van der Waals surface area contributed by atoms with Crippen molar-refractivity contribution in [3.8, 4) is 5.75 Å². The number of benzene rings is 1. The van der Waals surface area contributed by atoms with E-state index < -0.39 is 0 Å². The van der Waals surface area contributed by atoms with E-state index in [1.807, 2.05) is 6.92 Å². The first kappa shape index (κ1) is 15.8. The largest absolute Gasteiger partial charge is 0.495 e. The number of halogens is 1. The Labute approximate surface area is 131 Å². The normalized spacial score (nSPS) is 10.5. The molecule has 5 nitrogen and oxygen atoms in total. The Morgan fingerprint density at radius 2 is 2.29 bits per heavy atom. The number of nitrogens with one attached hydrogen (secondary N) is 1. The van der Waals surface area contributed by atoms with Crippen molar-refractivity contribution in [1.29, 1.82) is 0 Å². The zero-order chi connectivity index (χ0) is 15.4. The first-order chi connectivity index (χ1) is 10.0. The maximum absolute atomic E-state index is 12.0. The van der Waals surface area contributed by atoms with Gasteiger partial charge < -0.3 is 15.2 Å². The van der Waals surface area contributed by atoms with Crippen LogP contribution in [0.5, 0.6) is 5.75 Å². The third-order valence-corrected chi connectivity index (χ3v) is 4.13. The van der Waals surface area contributed by atoms with E-state index in [9.17, 15) is 4.79 Å². The summed E-state index contributed by atoms with van der Waals surface area (Å²) in [4.78, 5) is 16.2. The van der Waals surface area contributed by atoms with E-state index in [1.54, 1.807) is 17.5 Å². The average molecular weight is 327 g/mol. The second-order valence-electron chi connectivity index (χ2n) is 4.42. The maximum Gasteiger partial charge on any atom is 0.231 e. The van der Waals surface area contributed by atoms with Gasteiger partial charge in [0.2, 0.25) is 5.91 Å². The molecule has 0 aliphatic carbocycles. The lowest BCUT2D eigenvalue weighted by atomic mass is 10.2. The molecule has 0 bridgehead atoms. The first-order valence-corrected chi connectivity index (χ1v) is 7.47. The minimum Gasteiger partial charge on any atom is -0.495 e. The molecule has 0 saturated carbocycles. The minimum absolute atomic E-state index is 0.123. The molecule has 21 heavy (non-hydrogen) atoms. The molecular formula is C14H15ClN2O3S. The molecule has 1 amide bonds. The molecule has 0 saturated heterocycles. The summed E-state index contributed by atoms with van der Waals surface area (Å²) in [7, 11) is 1.52. The van der Waals surface area contributed by atoms with E-state index in [4.69, 9.17) is 21.4 Å². The van der Waals surface area contributed by atoms with E-state index in [-0.39, 0.29) is 18.9 Å². The zero-order valence-electron chi connectivity index (χ0n) is 11.6. The molecule has 1 aromatic heterocycles. The van der Waals surface area contributed by atoms with Gasteiger partial charge in [-0.25, -0.2) is 4.98 Å². The van der Waals surface area contributed by atoms with Crippen molar-refractivity contribution in [2.24, 2.45) is 0 Å². The maximum atomic E-state index is 12.0. The van der Waals surface area contributed by atoms with Crippen LogP contribution in [-0.2, 0) is 17.8 Å². The van der Waals surface area contributed by atoms with E-state index in [2.05, 4.69) is 10.3 Å². The molecular weight excluding hydrogens is 312 g/mol. The Bertz CT molecular complexity index is 658. The number of amides is 1. The number of methoxy groups -OCH3 is 1. The molecule has 0 fully saturated rings. The van der Waals surface area contributed by atoms with E-state index in [0.29, 0.717) is 27.2 Å². The van der Waals surface area contributed by atoms with Gasteiger partial charge in [0.05, 0.1) is 31.5 Å². The molecule has 112 valence electrons. The van der Waals surface area contributed by atoms with Crippen LogP contribution in [0.3, 0.4) is 0 Å². The number of ether oxygens (including phenoxy) is 1. The van der Waals surface area contributed by atoms with Crippen LogP contribution in [0.25, 0.3) is 0 Å². The van der Waals surface area contributed by atoms with Crippen LogP contribution in [-0.4, -0.2) is 23.1 Å². The molecule has 1 heterocycles. The van der Waals surface area contributed by atoms with E-state index in [1.165, 1.54) is 18.4 Å². The number of aliphatic hydroxyl groups excluding tert-OH is 1. The smallest absolute Gasteiger partial charge is 0.231 e. The number of carbonyl (C=O) groups excluding carboxylic acids is 1. The third kappa shape index (κ3) is 3.93. The summed E-state index contributed by atoms with van der Waals surface area (Å²) in [6.07, 6.45) is 0.148. The molecule has 0 unspecified atom stereocenters. The highest BCUT2D eigenvalue weighted by Crippen LogP contribution is 2.31. The van der Waals surface area contributed by atoms with Gasteiger partial charge in [0.15, 0.2) is 0 Å².